The Bertz CT molecular complexity index is 350. The summed E-state index contributed by atoms with van der Waals surface area (Å²) in [6.45, 7) is 6.52. The summed E-state index contributed by atoms with van der Waals surface area (Å²) in [5.41, 5.74) is 3.99. The molecule has 0 amide bonds. The minimum Gasteiger partial charge on any atom is -0.497 e. The molecule has 0 bridgehead atoms. The van der Waals surface area contributed by atoms with Crippen LogP contribution in [0.15, 0.2) is 23.8 Å². The molecule has 0 radical (unpaired) electrons. The summed E-state index contributed by atoms with van der Waals surface area (Å²) in [4.78, 5) is 0. The number of aryl methyl sites for hydroxylation is 1. The van der Waals surface area contributed by atoms with Crippen LogP contribution in [0, 0.1) is 6.92 Å². The normalized spacial score (nSPS) is 11.6. The van der Waals surface area contributed by atoms with Crippen molar-refractivity contribution in [3.05, 3.63) is 34.9 Å². The van der Waals surface area contributed by atoms with Gasteiger partial charge in [0.1, 0.15) is 5.75 Å². The minimum atomic E-state index is 0.927. The third-order valence-electron chi connectivity index (χ3n) is 2.53. The van der Waals surface area contributed by atoms with E-state index < -0.39 is 0 Å². The van der Waals surface area contributed by atoms with E-state index >= 15 is 0 Å². The quantitative estimate of drug-likeness (QED) is 0.714. The van der Waals surface area contributed by atoms with Crippen molar-refractivity contribution in [2.24, 2.45) is 0 Å². The predicted molar refractivity (Wildman–Crippen MR) is 66.3 cm³/mol. The summed E-state index contributed by atoms with van der Waals surface area (Å²) in [5, 5.41) is 0. The number of allylic oxidation sites excluding steroid dienone is 1. The largest absolute Gasteiger partial charge is 0.497 e. The van der Waals surface area contributed by atoms with Gasteiger partial charge in [0.15, 0.2) is 0 Å². The van der Waals surface area contributed by atoms with Gasteiger partial charge in [-0.05, 0) is 43.5 Å². The Labute approximate surface area is 92.8 Å². The molecule has 82 valence electrons. The third-order valence-corrected chi connectivity index (χ3v) is 2.53. The second kappa shape index (κ2) is 5.59. The maximum atomic E-state index is 5.22. The molecule has 0 atom stereocenters. The van der Waals surface area contributed by atoms with Crippen molar-refractivity contribution < 1.29 is 4.74 Å². The van der Waals surface area contributed by atoms with Crippen molar-refractivity contribution in [2.45, 2.75) is 33.6 Å². The lowest BCUT2D eigenvalue weighted by Crippen LogP contribution is -1.87. The number of hydrogen-bond acceptors (Lipinski definition) is 1. The number of rotatable bonds is 4. The highest BCUT2D eigenvalue weighted by molar-refractivity contribution is 5.58. The summed E-state index contributed by atoms with van der Waals surface area (Å²) < 4.78 is 5.22. The topological polar surface area (TPSA) is 9.23 Å². The van der Waals surface area contributed by atoms with Gasteiger partial charge in [0.2, 0.25) is 0 Å². The molecule has 0 aliphatic heterocycles. The third kappa shape index (κ3) is 3.43. The first kappa shape index (κ1) is 11.8. The van der Waals surface area contributed by atoms with E-state index in [9.17, 15) is 0 Å². The molecule has 0 saturated heterocycles. The number of ether oxygens (including phenoxy) is 1. The maximum absolute atomic E-state index is 5.22. The molecule has 0 saturated carbocycles. The smallest absolute Gasteiger partial charge is 0.119 e. The predicted octanol–water partition coefficient (Wildman–Crippen LogP) is 4.21. The van der Waals surface area contributed by atoms with E-state index in [1.54, 1.807) is 7.11 Å². The standard InChI is InChI=1S/C14H20O/c1-5-6-11(2)9-13-10-14(15-4)8-7-12(13)3/h7-10H,5-6H2,1-4H3/b11-9-. The highest BCUT2D eigenvalue weighted by atomic mass is 16.5. The summed E-state index contributed by atoms with van der Waals surface area (Å²) in [6, 6.07) is 6.19. The first-order valence-electron chi connectivity index (χ1n) is 5.49. The van der Waals surface area contributed by atoms with Crippen LogP contribution in [0.25, 0.3) is 6.08 Å². The Morgan fingerprint density at radius 2 is 2.13 bits per heavy atom. The molecule has 15 heavy (non-hydrogen) atoms. The van der Waals surface area contributed by atoms with Gasteiger partial charge < -0.3 is 4.74 Å². The van der Waals surface area contributed by atoms with E-state index in [1.165, 1.54) is 23.1 Å². The van der Waals surface area contributed by atoms with Gasteiger partial charge in [-0.1, -0.05) is 31.1 Å². The van der Waals surface area contributed by atoms with Crippen LogP contribution in [0.5, 0.6) is 5.75 Å². The van der Waals surface area contributed by atoms with Crippen LogP contribution in [0.3, 0.4) is 0 Å². The SMILES string of the molecule is CCC/C(C)=C\c1cc(OC)ccc1C. The van der Waals surface area contributed by atoms with Gasteiger partial charge >= 0.3 is 0 Å². The van der Waals surface area contributed by atoms with E-state index in [0.717, 1.165) is 12.2 Å². The Morgan fingerprint density at radius 1 is 1.40 bits per heavy atom. The van der Waals surface area contributed by atoms with Crippen LogP contribution in [0.4, 0.5) is 0 Å². The summed E-state index contributed by atoms with van der Waals surface area (Å²) in [6.07, 6.45) is 4.61. The molecular formula is C14H20O. The summed E-state index contributed by atoms with van der Waals surface area (Å²) in [5.74, 6) is 0.927. The molecule has 1 aromatic carbocycles. The summed E-state index contributed by atoms with van der Waals surface area (Å²) in [7, 11) is 1.71. The van der Waals surface area contributed by atoms with Crippen LogP contribution in [0.1, 0.15) is 37.8 Å². The Morgan fingerprint density at radius 3 is 2.73 bits per heavy atom. The van der Waals surface area contributed by atoms with Crippen molar-refractivity contribution in [1.82, 2.24) is 0 Å². The van der Waals surface area contributed by atoms with Crippen molar-refractivity contribution in [3.8, 4) is 5.75 Å². The van der Waals surface area contributed by atoms with Crippen LogP contribution >= 0.6 is 0 Å². The zero-order valence-corrected chi connectivity index (χ0v) is 10.1. The molecule has 1 aromatic rings. The van der Waals surface area contributed by atoms with Crippen molar-refractivity contribution in [2.75, 3.05) is 7.11 Å². The van der Waals surface area contributed by atoms with Gasteiger partial charge in [-0.15, -0.1) is 0 Å². The Balaban J connectivity index is 2.97. The highest BCUT2D eigenvalue weighted by Crippen LogP contribution is 2.20. The fourth-order valence-corrected chi connectivity index (χ4v) is 1.63. The molecule has 0 spiro atoms. The summed E-state index contributed by atoms with van der Waals surface area (Å²) >= 11 is 0. The van der Waals surface area contributed by atoms with E-state index in [4.69, 9.17) is 4.74 Å². The molecule has 1 nitrogen and oxygen atoms in total. The van der Waals surface area contributed by atoms with E-state index in [2.05, 4.69) is 39.0 Å². The van der Waals surface area contributed by atoms with Crippen LogP contribution in [-0.4, -0.2) is 7.11 Å². The first-order chi connectivity index (χ1) is 7.17. The van der Waals surface area contributed by atoms with Gasteiger partial charge in [0.05, 0.1) is 7.11 Å². The Hall–Kier alpha value is -1.24. The molecule has 1 rings (SSSR count). The van der Waals surface area contributed by atoms with Crippen molar-refractivity contribution in [3.63, 3.8) is 0 Å². The number of methoxy groups -OCH3 is 1. The molecule has 1 heteroatoms. The first-order valence-corrected chi connectivity index (χ1v) is 5.49. The van der Waals surface area contributed by atoms with Gasteiger partial charge in [0, 0.05) is 0 Å². The zero-order chi connectivity index (χ0) is 11.3. The van der Waals surface area contributed by atoms with Crippen molar-refractivity contribution >= 4 is 6.08 Å². The van der Waals surface area contributed by atoms with Gasteiger partial charge in [-0.3, -0.25) is 0 Å². The van der Waals surface area contributed by atoms with E-state index in [0.29, 0.717) is 0 Å². The second-order valence-electron chi connectivity index (χ2n) is 3.96. The fraction of sp³-hybridized carbons (Fsp3) is 0.429. The van der Waals surface area contributed by atoms with Gasteiger partial charge in [0.25, 0.3) is 0 Å². The Kier molecular flexibility index (Phi) is 4.41. The molecule has 0 aliphatic carbocycles. The molecule has 0 unspecified atom stereocenters. The zero-order valence-electron chi connectivity index (χ0n) is 10.1. The van der Waals surface area contributed by atoms with E-state index in [-0.39, 0.29) is 0 Å². The fourth-order valence-electron chi connectivity index (χ4n) is 1.63. The van der Waals surface area contributed by atoms with E-state index in [1.807, 2.05) is 6.07 Å². The van der Waals surface area contributed by atoms with Gasteiger partial charge in [-0.2, -0.15) is 0 Å². The second-order valence-corrected chi connectivity index (χ2v) is 3.96. The lowest BCUT2D eigenvalue weighted by atomic mass is 10.0. The van der Waals surface area contributed by atoms with Crippen LogP contribution < -0.4 is 4.74 Å². The lowest BCUT2D eigenvalue weighted by Gasteiger charge is -2.06. The molecule has 0 heterocycles. The van der Waals surface area contributed by atoms with Crippen LogP contribution in [-0.2, 0) is 0 Å². The highest BCUT2D eigenvalue weighted by Gasteiger charge is 1.98. The molecule has 0 N–H and O–H groups in total. The molecule has 0 aliphatic rings. The van der Waals surface area contributed by atoms with Crippen molar-refractivity contribution in [1.29, 1.82) is 0 Å². The molecule has 0 aromatic heterocycles. The minimum absolute atomic E-state index is 0.927. The number of hydrogen-bond donors (Lipinski definition) is 0. The van der Waals surface area contributed by atoms with Crippen LogP contribution in [0.2, 0.25) is 0 Å². The average Bonchev–Trinajstić information content (AvgIpc) is 2.21. The lowest BCUT2D eigenvalue weighted by molar-refractivity contribution is 0.414. The maximum Gasteiger partial charge on any atom is 0.119 e. The number of benzene rings is 1. The molecular weight excluding hydrogens is 184 g/mol. The monoisotopic (exact) mass is 204 g/mol. The van der Waals surface area contributed by atoms with Gasteiger partial charge in [-0.25, -0.2) is 0 Å². The average molecular weight is 204 g/mol. The molecule has 0 fully saturated rings.